The lowest BCUT2D eigenvalue weighted by atomic mass is 10.7. The summed E-state index contributed by atoms with van der Waals surface area (Å²) in [4.78, 5) is 7.23. The number of hydrogen-bond donors (Lipinski definition) is 1. The van der Waals surface area contributed by atoms with Crippen LogP contribution in [0.15, 0.2) is 12.3 Å². The molecule has 0 spiro atoms. The molecule has 0 amide bonds. The Hall–Kier alpha value is -0.540. The van der Waals surface area contributed by atoms with Crippen molar-refractivity contribution < 1.29 is 0 Å². The highest BCUT2D eigenvalue weighted by Crippen LogP contribution is 2.01. The van der Waals surface area contributed by atoms with Crippen LogP contribution in [-0.4, -0.2) is 9.97 Å². The predicted molar refractivity (Wildman–Crippen MR) is 38.7 cm³/mol. The van der Waals surface area contributed by atoms with Crippen LogP contribution in [0.5, 0.6) is 0 Å². The van der Waals surface area contributed by atoms with Crippen LogP contribution in [0.1, 0.15) is 0 Å². The summed E-state index contributed by atoms with van der Waals surface area (Å²) in [7, 11) is 0. The molecule has 0 aliphatic carbocycles. The lowest BCUT2D eigenvalue weighted by Crippen LogP contribution is -1.91. The van der Waals surface area contributed by atoms with Gasteiger partial charge >= 0.3 is 0 Å². The van der Waals surface area contributed by atoms with Crippen LogP contribution in [0.3, 0.4) is 0 Å². The zero-order chi connectivity index (χ0) is 5.98. The number of halogens is 2. The minimum atomic E-state index is 0. The molecule has 0 aliphatic heterocycles. The molecule has 3 nitrogen and oxygen atoms in total. The van der Waals surface area contributed by atoms with Crippen molar-refractivity contribution in [3.8, 4) is 0 Å². The van der Waals surface area contributed by atoms with Crippen LogP contribution >= 0.6 is 24.0 Å². The molecule has 0 fully saturated rings. The highest BCUT2D eigenvalue weighted by Gasteiger charge is 1.86. The van der Waals surface area contributed by atoms with Gasteiger partial charge in [-0.3, -0.25) is 0 Å². The topological polar surface area (TPSA) is 51.8 Å². The molecule has 50 valence electrons. The van der Waals surface area contributed by atoms with Crippen LogP contribution in [-0.2, 0) is 0 Å². The first-order chi connectivity index (χ1) is 3.79. The zero-order valence-electron chi connectivity index (χ0n) is 4.41. The van der Waals surface area contributed by atoms with Crippen LogP contribution in [0.4, 0.5) is 5.95 Å². The van der Waals surface area contributed by atoms with E-state index in [-0.39, 0.29) is 18.4 Å². The van der Waals surface area contributed by atoms with Crippen molar-refractivity contribution in [3.63, 3.8) is 0 Å². The van der Waals surface area contributed by atoms with E-state index in [0.29, 0.717) is 5.15 Å². The predicted octanol–water partition coefficient (Wildman–Crippen LogP) is 1.13. The quantitative estimate of drug-likeness (QED) is 0.587. The van der Waals surface area contributed by atoms with Gasteiger partial charge in [0.15, 0.2) is 0 Å². The van der Waals surface area contributed by atoms with Crippen LogP contribution < -0.4 is 5.73 Å². The number of rotatable bonds is 0. The normalized spacial score (nSPS) is 8.11. The second-order valence-corrected chi connectivity index (χ2v) is 1.62. The van der Waals surface area contributed by atoms with Crippen molar-refractivity contribution >= 4 is 30.0 Å². The van der Waals surface area contributed by atoms with Crippen molar-refractivity contribution in [2.75, 3.05) is 5.73 Å². The van der Waals surface area contributed by atoms with E-state index >= 15 is 0 Å². The maximum Gasteiger partial charge on any atom is 0.221 e. The van der Waals surface area contributed by atoms with Gasteiger partial charge < -0.3 is 5.73 Å². The molecular formula is C4H5Cl2N3. The number of nitrogen functional groups attached to an aromatic ring is 1. The Kier molecular flexibility index (Phi) is 3.27. The van der Waals surface area contributed by atoms with Crippen molar-refractivity contribution in [1.82, 2.24) is 9.97 Å². The van der Waals surface area contributed by atoms with Crippen molar-refractivity contribution in [3.05, 3.63) is 17.4 Å². The van der Waals surface area contributed by atoms with Gasteiger partial charge in [0, 0.05) is 6.20 Å². The fourth-order valence-electron chi connectivity index (χ4n) is 0.351. The molecule has 2 N–H and O–H groups in total. The monoisotopic (exact) mass is 165 g/mol. The number of anilines is 1. The molecular weight excluding hydrogens is 161 g/mol. The van der Waals surface area contributed by atoms with Gasteiger partial charge in [-0.2, -0.15) is 0 Å². The number of nitrogens with zero attached hydrogens (tertiary/aromatic N) is 2. The molecule has 0 aliphatic rings. The van der Waals surface area contributed by atoms with Crippen molar-refractivity contribution in [2.45, 2.75) is 0 Å². The standard InChI is InChI=1S/C4H4ClN3.ClH/c5-3-1-2-7-4(6)8-3;/h1-2H,(H2,6,7,8);1H. The van der Waals surface area contributed by atoms with E-state index in [2.05, 4.69) is 9.97 Å². The summed E-state index contributed by atoms with van der Waals surface area (Å²) in [6.07, 6.45) is 1.50. The smallest absolute Gasteiger partial charge is 0.221 e. The van der Waals surface area contributed by atoms with Gasteiger partial charge in [0.2, 0.25) is 5.95 Å². The molecule has 1 aromatic heterocycles. The van der Waals surface area contributed by atoms with E-state index in [1.807, 2.05) is 0 Å². The molecule has 1 aromatic rings. The Morgan fingerprint density at radius 3 is 2.56 bits per heavy atom. The second kappa shape index (κ2) is 3.48. The number of aromatic nitrogens is 2. The largest absolute Gasteiger partial charge is 0.368 e. The first-order valence-corrected chi connectivity index (χ1v) is 2.41. The van der Waals surface area contributed by atoms with E-state index in [1.54, 1.807) is 6.07 Å². The maximum atomic E-state index is 5.41. The first kappa shape index (κ1) is 8.46. The minimum Gasteiger partial charge on any atom is -0.368 e. The molecule has 0 radical (unpaired) electrons. The highest BCUT2D eigenvalue weighted by molar-refractivity contribution is 6.29. The van der Waals surface area contributed by atoms with Gasteiger partial charge in [-0.25, -0.2) is 9.97 Å². The highest BCUT2D eigenvalue weighted by atomic mass is 35.5. The average molecular weight is 166 g/mol. The molecule has 0 bridgehead atoms. The molecule has 1 rings (SSSR count). The molecule has 0 atom stereocenters. The fourth-order valence-corrected chi connectivity index (χ4v) is 0.494. The van der Waals surface area contributed by atoms with E-state index in [1.165, 1.54) is 6.20 Å². The van der Waals surface area contributed by atoms with Gasteiger partial charge in [0.25, 0.3) is 0 Å². The summed E-state index contributed by atoms with van der Waals surface area (Å²) < 4.78 is 0. The lowest BCUT2D eigenvalue weighted by molar-refractivity contribution is 1.19. The molecule has 9 heavy (non-hydrogen) atoms. The summed E-state index contributed by atoms with van der Waals surface area (Å²) in [5, 5.41) is 0.373. The van der Waals surface area contributed by atoms with Crippen molar-refractivity contribution in [1.29, 1.82) is 0 Å². The van der Waals surface area contributed by atoms with Crippen molar-refractivity contribution in [2.24, 2.45) is 0 Å². The van der Waals surface area contributed by atoms with Gasteiger partial charge in [0.1, 0.15) is 5.15 Å². The zero-order valence-corrected chi connectivity index (χ0v) is 5.99. The van der Waals surface area contributed by atoms with Gasteiger partial charge in [-0.1, -0.05) is 11.6 Å². The number of hydrogen-bond acceptors (Lipinski definition) is 3. The number of nitrogens with two attached hydrogens (primary N) is 1. The molecule has 0 aromatic carbocycles. The van der Waals surface area contributed by atoms with E-state index < -0.39 is 0 Å². The van der Waals surface area contributed by atoms with E-state index in [0.717, 1.165) is 0 Å². The molecule has 0 saturated carbocycles. The van der Waals surface area contributed by atoms with Crippen LogP contribution in [0.2, 0.25) is 5.15 Å². The minimum absolute atomic E-state index is 0. The maximum absolute atomic E-state index is 5.41. The lowest BCUT2D eigenvalue weighted by Gasteiger charge is -1.87. The summed E-state index contributed by atoms with van der Waals surface area (Å²) in [6, 6.07) is 1.57. The molecule has 0 unspecified atom stereocenters. The summed E-state index contributed by atoms with van der Waals surface area (Å²) in [6.45, 7) is 0. The van der Waals surface area contributed by atoms with Crippen LogP contribution in [0, 0.1) is 0 Å². The summed E-state index contributed by atoms with van der Waals surface area (Å²) >= 11 is 5.41. The molecule has 1 heterocycles. The third kappa shape index (κ3) is 2.49. The van der Waals surface area contributed by atoms with Gasteiger partial charge in [-0.15, -0.1) is 12.4 Å². The van der Waals surface area contributed by atoms with Gasteiger partial charge in [0.05, 0.1) is 0 Å². The SMILES string of the molecule is Cl.Nc1nccc(Cl)n1. The molecule has 5 heteroatoms. The Labute approximate surface area is 63.7 Å². The Morgan fingerprint density at radius 2 is 2.22 bits per heavy atom. The second-order valence-electron chi connectivity index (χ2n) is 1.24. The average Bonchev–Trinajstić information content (AvgIpc) is 1.64. The summed E-state index contributed by atoms with van der Waals surface area (Å²) in [5.74, 6) is 0.206. The Bertz CT molecular complexity index is 174. The fraction of sp³-hybridized carbons (Fsp3) is 0. The van der Waals surface area contributed by atoms with Crippen LogP contribution in [0.25, 0.3) is 0 Å². The van der Waals surface area contributed by atoms with E-state index in [9.17, 15) is 0 Å². The molecule has 0 saturated heterocycles. The van der Waals surface area contributed by atoms with Gasteiger partial charge in [-0.05, 0) is 6.07 Å². The third-order valence-corrected chi connectivity index (χ3v) is 0.851. The summed E-state index contributed by atoms with van der Waals surface area (Å²) in [5.41, 5.74) is 5.15. The first-order valence-electron chi connectivity index (χ1n) is 2.03. The third-order valence-electron chi connectivity index (χ3n) is 0.640. The Balaban J connectivity index is 0.000000640. The Morgan fingerprint density at radius 1 is 1.56 bits per heavy atom. The van der Waals surface area contributed by atoms with E-state index in [4.69, 9.17) is 17.3 Å².